The first-order chi connectivity index (χ1) is 8.36. The molecule has 3 aromatic heterocycles. The monoisotopic (exact) mass is 225 g/mol. The topological polar surface area (TPSA) is 84.4 Å². The minimum atomic E-state index is -0.305. The van der Waals surface area contributed by atoms with E-state index in [0.29, 0.717) is 22.3 Å². The molecule has 3 aromatic rings. The van der Waals surface area contributed by atoms with Crippen LogP contribution in [0.2, 0.25) is 0 Å². The van der Waals surface area contributed by atoms with Crippen LogP contribution in [0.4, 0.5) is 0 Å². The third-order valence-corrected chi connectivity index (χ3v) is 2.36. The van der Waals surface area contributed by atoms with Gasteiger partial charge < -0.3 is 0 Å². The third kappa shape index (κ3) is 1.55. The van der Waals surface area contributed by atoms with Gasteiger partial charge in [-0.2, -0.15) is 5.10 Å². The average Bonchev–Trinajstić information content (AvgIpc) is 2.41. The highest BCUT2D eigenvalue weighted by Gasteiger charge is 2.10. The van der Waals surface area contributed by atoms with Crippen LogP contribution in [0.15, 0.2) is 41.7 Å². The second kappa shape index (κ2) is 3.75. The molecule has 1 N–H and O–H groups in total. The summed E-state index contributed by atoms with van der Waals surface area (Å²) in [5, 5.41) is 6.81. The van der Waals surface area contributed by atoms with Crippen LogP contribution in [-0.2, 0) is 0 Å². The zero-order chi connectivity index (χ0) is 11.7. The predicted molar refractivity (Wildman–Crippen MR) is 61.2 cm³/mol. The second-order valence-corrected chi connectivity index (χ2v) is 3.40. The highest BCUT2D eigenvalue weighted by atomic mass is 16.1. The minimum Gasteiger partial charge on any atom is -0.267 e. The van der Waals surface area contributed by atoms with Gasteiger partial charge in [0, 0.05) is 12.4 Å². The molecule has 3 heterocycles. The summed E-state index contributed by atoms with van der Waals surface area (Å²) in [6.07, 6.45) is 4.51. The van der Waals surface area contributed by atoms with Crippen LogP contribution in [0.1, 0.15) is 0 Å². The molecular formula is C11H7N5O. The number of hydrogen-bond donors (Lipinski definition) is 1. The summed E-state index contributed by atoms with van der Waals surface area (Å²) in [6, 6.07) is 5.47. The van der Waals surface area contributed by atoms with E-state index in [1.54, 1.807) is 6.20 Å². The Morgan fingerprint density at radius 2 is 2.12 bits per heavy atom. The van der Waals surface area contributed by atoms with Crippen molar-refractivity contribution in [2.45, 2.75) is 0 Å². The number of fused-ring (bicyclic) bond motifs is 1. The molecular weight excluding hydrogens is 218 g/mol. The Morgan fingerprint density at radius 3 is 2.94 bits per heavy atom. The largest absolute Gasteiger partial charge is 0.275 e. The lowest BCUT2D eigenvalue weighted by Gasteiger charge is -2.01. The van der Waals surface area contributed by atoms with E-state index >= 15 is 0 Å². The zero-order valence-corrected chi connectivity index (χ0v) is 8.66. The number of aromatic amines is 1. The number of aromatic nitrogens is 5. The van der Waals surface area contributed by atoms with Crippen LogP contribution in [0.25, 0.3) is 22.3 Å². The van der Waals surface area contributed by atoms with Crippen molar-refractivity contribution in [1.29, 1.82) is 0 Å². The maximum atomic E-state index is 11.5. The normalized spacial score (nSPS) is 10.6. The van der Waals surface area contributed by atoms with Crippen LogP contribution in [0, 0.1) is 0 Å². The molecule has 6 heteroatoms. The van der Waals surface area contributed by atoms with Crippen molar-refractivity contribution in [2.24, 2.45) is 0 Å². The number of rotatable bonds is 1. The van der Waals surface area contributed by atoms with Gasteiger partial charge in [-0.3, -0.25) is 9.78 Å². The van der Waals surface area contributed by atoms with Crippen molar-refractivity contribution >= 4 is 10.9 Å². The smallest absolute Gasteiger partial charge is 0.267 e. The Labute approximate surface area is 95.4 Å². The molecule has 0 aromatic carbocycles. The molecule has 0 atom stereocenters. The van der Waals surface area contributed by atoms with Gasteiger partial charge in [-0.25, -0.2) is 15.1 Å². The Morgan fingerprint density at radius 1 is 1.18 bits per heavy atom. The van der Waals surface area contributed by atoms with E-state index in [4.69, 9.17) is 0 Å². The van der Waals surface area contributed by atoms with E-state index in [0.717, 1.165) is 0 Å². The standard InChI is InChI=1S/C11H7N5O/c17-11-7-5-12-6-14-9(7)10(15-16-11)8-3-1-2-4-13-8/h1-6H,(H,16,17). The summed E-state index contributed by atoms with van der Waals surface area (Å²) in [5.74, 6) is 0. The molecule has 0 fully saturated rings. The van der Waals surface area contributed by atoms with Gasteiger partial charge in [-0.1, -0.05) is 6.07 Å². The number of nitrogens with one attached hydrogen (secondary N) is 1. The quantitative estimate of drug-likeness (QED) is 0.661. The van der Waals surface area contributed by atoms with E-state index < -0.39 is 0 Å². The highest BCUT2D eigenvalue weighted by Crippen LogP contribution is 2.18. The van der Waals surface area contributed by atoms with E-state index in [-0.39, 0.29) is 5.56 Å². The molecule has 0 amide bonds. The Bertz CT molecular complexity index is 723. The van der Waals surface area contributed by atoms with Crippen LogP contribution in [-0.4, -0.2) is 25.1 Å². The van der Waals surface area contributed by atoms with Crippen molar-refractivity contribution < 1.29 is 0 Å². The Hall–Kier alpha value is -2.63. The van der Waals surface area contributed by atoms with E-state index in [2.05, 4.69) is 25.1 Å². The summed E-state index contributed by atoms with van der Waals surface area (Å²) >= 11 is 0. The van der Waals surface area contributed by atoms with Gasteiger partial charge in [0.05, 0.1) is 11.1 Å². The maximum absolute atomic E-state index is 11.5. The van der Waals surface area contributed by atoms with Gasteiger partial charge in [0.1, 0.15) is 17.5 Å². The lowest BCUT2D eigenvalue weighted by molar-refractivity contribution is 0.999. The number of nitrogens with zero attached hydrogens (tertiary/aromatic N) is 4. The fraction of sp³-hybridized carbons (Fsp3) is 0. The molecule has 0 saturated heterocycles. The van der Waals surface area contributed by atoms with Crippen LogP contribution < -0.4 is 5.56 Å². The van der Waals surface area contributed by atoms with Gasteiger partial charge in [-0.05, 0) is 12.1 Å². The van der Waals surface area contributed by atoms with E-state index in [1.165, 1.54) is 12.5 Å². The van der Waals surface area contributed by atoms with Crippen molar-refractivity contribution in [3.63, 3.8) is 0 Å². The van der Waals surface area contributed by atoms with Gasteiger partial charge >= 0.3 is 0 Å². The van der Waals surface area contributed by atoms with E-state index in [1.807, 2.05) is 18.2 Å². The molecule has 0 aliphatic heterocycles. The van der Waals surface area contributed by atoms with Crippen LogP contribution >= 0.6 is 0 Å². The molecule has 17 heavy (non-hydrogen) atoms. The van der Waals surface area contributed by atoms with E-state index in [9.17, 15) is 4.79 Å². The molecule has 82 valence electrons. The highest BCUT2D eigenvalue weighted by molar-refractivity contribution is 5.88. The molecule has 0 bridgehead atoms. The van der Waals surface area contributed by atoms with Gasteiger partial charge in [-0.15, -0.1) is 0 Å². The first kappa shape index (κ1) is 9.59. The summed E-state index contributed by atoms with van der Waals surface area (Å²) in [7, 11) is 0. The second-order valence-electron chi connectivity index (χ2n) is 3.40. The van der Waals surface area contributed by atoms with Crippen molar-refractivity contribution in [3.05, 3.63) is 47.3 Å². The molecule has 0 spiro atoms. The number of pyridine rings is 1. The summed E-state index contributed by atoms with van der Waals surface area (Å²) in [5.41, 5.74) is 1.40. The molecule has 0 aliphatic carbocycles. The number of H-pyrrole nitrogens is 1. The Balaban J connectivity index is 2.39. The third-order valence-electron chi connectivity index (χ3n) is 2.36. The summed E-state index contributed by atoms with van der Waals surface area (Å²) < 4.78 is 0. The minimum absolute atomic E-state index is 0.305. The SMILES string of the molecule is O=c1[nH]nc(-c2ccccn2)c2ncncc12. The lowest BCUT2D eigenvalue weighted by Crippen LogP contribution is -2.10. The first-order valence-electron chi connectivity index (χ1n) is 4.96. The molecule has 0 aliphatic rings. The number of hydrogen-bond acceptors (Lipinski definition) is 5. The van der Waals surface area contributed by atoms with Gasteiger partial charge in [0.2, 0.25) is 0 Å². The Kier molecular flexibility index (Phi) is 2.11. The molecule has 3 rings (SSSR count). The van der Waals surface area contributed by atoms with Gasteiger partial charge in [0.15, 0.2) is 0 Å². The van der Waals surface area contributed by atoms with Crippen molar-refractivity contribution in [1.82, 2.24) is 25.1 Å². The zero-order valence-electron chi connectivity index (χ0n) is 8.66. The predicted octanol–water partition coefficient (Wildman–Crippen LogP) is 0.775. The van der Waals surface area contributed by atoms with Crippen molar-refractivity contribution in [2.75, 3.05) is 0 Å². The first-order valence-corrected chi connectivity index (χ1v) is 4.96. The fourth-order valence-corrected chi connectivity index (χ4v) is 1.59. The molecule has 0 radical (unpaired) electrons. The summed E-state index contributed by atoms with van der Waals surface area (Å²) in [6.45, 7) is 0. The summed E-state index contributed by atoms with van der Waals surface area (Å²) in [4.78, 5) is 23.6. The fourth-order valence-electron chi connectivity index (χ4n) is 1.59. The van der Waals surface area contributed by atoms with Crippen LogP contribution in [0.5, 0.6) is 0 Å². The molecule has 6 nitrogen and oxygen atoms in total. The average molecular weight is 225 g/mol. The maximum Gasteiger partial charge on any atom is 0.275 e. The lowest BCUT2D eigenvalue weighted by atomic mass is 10.2. The van der Waals surface area contributed by atoms with Crippen LogP contribution in [0.3, 0.4) is 0 Å². The van der Waals surface area contributed by atoms with Crippen molar-refractivity contribution in [3.8, 4) is 11.4 Å². The molecule has 0 saturated carbocycles. The molecule has 0 unspecified atom stereocenters. The van der Waals surface area contributed by atoms with Gasteiger partial charge in [0.25, 0.3) is 5.56 Å².